The van der Waals surface area contributed by atoms with Crippen LogP contribution in [0, 0.1) is 13.8 Å². The summed E-state index contributed by atoms with van der Waals surface area (Å²) in [7, 11) is 4.86. The molecule has 284 valence electrons. The van der Waals surface area contributed by atoms with E-state index in [4.69, 9.17) is 13.9 Å². The molecule has 0 unspecified atom stereocenters. The maximum Gasteiger partial charge on any atom is 0.291 e. The monoisotopic (exact) mass is 750 g/mol. The second-order valence-corrected chi connectivity index (χ2v) is 13.8. The first kappa shape index (κ1) is 37.5. The molecular weight excluding hydrogens is 709 g/mol. The van der Waals surface area contributed by atoms with E-state index in [9.17, 15) is 14.4 Å². The van der Waals surface area contributed by atoms with Crippen molar-refractivity contribution in [2.45, 2.75) is 33.4 Å². The van der Waals surface area contributed by atoms with Crippen LogP contribution in [0.15, 0.2) is 113 Å². The van der Waals surface area contributed by atoms with Crippen LogP contribution in [0.3, 0.4) is 0 Å². The van der Waals surface area contributed by atoms with Gasteiger partial charge in [-0.15, -0.1) is 0 Å². The van der Waals surface area contributed by atoms with Gasteiger partial charge in [-0.1, -0.05) is 30.3 Å². The molecule has 0 saturated carbocycles. The second kappa shape index (κ2) is 16.3. The van der Waals surface area contributed by atoms with E-state index in [1.807, 2.05) is 74.4 Å². The number of pyridine rings is 1. The number of amides is 2. The highest BCUT2D eigenvalue weighted by atomic mass is 16.5. The van der Waals surface area contributed by atoms with Gasteiger partial charge in [0.05, 0.1) is 42.6 Å². The van der Waals surface area contributed by atoms with Crippen LogP contribution in [0.5, 0.6) is 11.5 Å². The molecule has 56 heavy (non-hydrogen) atoms. The Bertz CT molecular complexity index is 2620. The molecular formula is C44H42N6O6. The largest absolute Gasteiger partial charge is 0.493 e. The third-order valence-corrected chi connectivity index (χ3v) is 9.67. The third-order valence-electron chi connectivity index (χ3n) is 9.67. The average molecular weight is 751 g/mol. The van der Waals surface area contributed by atoms with Gasteiger partial charge < -0.3 is 24.5 Å². The van der Waals surface area contributed by atoms with E-state index in [1.165, 1.54) is 31.9 Å². The number of anilines is 2. The quantitative estimate of drug-likeness (QED) is 0.123. The minimum atomic E-state index is -0.704. The number of nitrogens with zero attached hydrogens (tertiary/aromatic N) is 4. The van der Waals surface area contributed by atoms with E-state index in [1.54, 1.807) is 12.3 Å². The van der Waals surface area contributed by atoms with Crippen LogP contribution in [0.25, 0.3) is 21.9 Å². The number of aromatic nitrogens is 3. The molecule has 3 heterocycles. The molecule has 0 aliphatic rings. The molecule has 3 aromatic heterocycles. The summed E-state index contributed by atoms with van der Waals surface area (Å²) in [6, 6.07) is 25.9. The zero-order valence-corrected chi connectivity index (χ0v) is 31.9. The van der Waals surface area contributed by atoms with Crippen LogP contribution in [-0.4, -0.2) is 52.2 Å². The second-order valence-electron chi connectivity index (χ2n) is 13.8. The Morgan fingerprint density at radius 2 is 1.57 bits per heavy atom. The lowest BCUT2D eigenvalue weighted by Crippen LogP contribution is -2.25. The van der Waals surface area contributed by atoms with Crippen molar-refractivity contribution in [1.82, 2.24) is 19.7 Å². The van der Waals surface area contributed by atoms with Gasteiger partial charge in [0.2, 0.25) is 0 Å². The number of carbonyl (C=O) groups is 2. The standard InChI is InChI=1S/C44H42N6O6/c1-27-17-28(2)42-35(18-27)38(51)22-41(56-42)44(53)48-36-21-40(55-5)39(54-4)20-34(36)43(52)47-33-11-8-29(9-12-33)14-16-50(26-31-7-6-15-45-23-31)25-30-10-13-37-32(19-30)24-46-49(37)3/h6-13,15,17-24H,14,16,25-26H2,1-5H3,(H,47,52)(H,48,53). The lowest BCUT2D eigenvalue weighted by Gasteiger charge is -2.23. The molecule has 0 bridgehead atoms. The summed E-state index contributed by atoms with van der Waals surface area (Å²) in [5.74, 6) is -0.798. The van der Waals surface area contributed by atoms with Gasteiger partial charge in [0.1, 0.15) is 5.58 Å². The van der Waals surface area contributed by atoms with Gasteiger partial charge in [0, 0.05) is 62.3 Å². The highest BCUT2D eigenvalue weighted by Gasteiger charge is 2.22. The molecule has 7 aromatic rings. The molecule has 0 aliphatic carbocycles. The Kier molecular flexibility index (Phi) is 10.9. The summed E-state index contributed by atoms with van der Waals surface area (Å²) >= 11 is 0. The number of fused-ring (bicyclic) bond motifs is 2. The summed E-state index contributed by atoms with van der Waals surface area (Å²) in [6.45, 7) is 5.98. The molecule has 12 nitrogen and oxygen atoms in total. The number of aryl methyl sites for hydroxylation is 3. The van der Waals surface area contributed by atoms with E-state index in [0.717, 1.165) is 65.3 Å². The summed E-state index contributed by atoms with van der Waals surface area (Å²) in [6.07, 6.45) is 6.34. The van der Waals surface area contributed by atoms with Gasteiger partial charge >= 0.3 is 0 Å². The minimum absolute atomic E-state index is 0.116. The smallest absolute Gasteiger partial charge is 0.291 e. The van der Waals surface area contributed by atoms with Crippen LogP contribution in [-0.2, 0) is 26.6 Å². The van der Waals surface area contributed by atoms with Crippen molar-refractivity contribution < 1.29 is 23.5 Å². The highest BCUT2D eigenvalue weighted by molar-refractivity contribution is 6.12. The number of benzene rings is 4. The number of ether oxygens (including phenoxy) is 2. The van der Waals surface area contributed by atoms with Crippen LogP contribution in [0.4, 0.5) is 11.4 Å². The number of hydrogen-bond donors (Lipinski definition) is 2. The zero-order valence-electron chi connectivity index (χ0n) is 31.9. The zero-order chi connectivity index (χ0) is 39.3. The Hall–Kier alpha value is -6.79. The molecule has 0 spiro atoms. The molecule has 0 saturated heterocycles. The molecule has 2 amide bonds. The number of methoxy groups -OCH3 is 2. The minimum Gasteiger partial charge on any atom is -0.493 e. The fourth-order valence-corrected chi connectivity index (χ4v) is 6.85. The van der Waals surface area contributed by atoms with E-state index in [-0.39, 0.29) is 22.4 Å². The van der Waals surface area contributed by atoms with Crippen LogP contribution < -0.4 is 25.5 Å². The summed E-state index contributed by atoms with van der Waals surface area (Å²) < 4.78 is 18.7. The van der Waals surface area contributed by atoms with Crippen LogP contribution >= 0.6 is 0 Å². The highest BCUT2D eigenvalue weighted by Crippen LogP contribution is 2.34. The molecule has 0 atom stereocenters. The van der Waals surface area contributed by atoms with Crippen molar-refractivity contribution in [2.24, 2.45) is 7.05 Å². The van der Waals surface area contributed by atoms with Gasteiger partial charge in [-0.05, 0) is 90.6 Å². The van der Waals surface area contributed by atoms with Gasteiger partial charge in [-0.2, -0.15) is 5.10 Å². The molecule has 0 radical (unpaired) electrons. The number of rotatable bonds is 13. The van der Waals surface area contributed by atoms with Crippen LogP contribution in [0.2, 0.25) is 0 Å². The van der Waals surface area contributed by atoms with Crippen molar-refractivity contribution in [3.63, 3.8) is 0 Å². The predicted molar refractivity (Wildman–Crippen MR) is 217 cm³/mol. The first-order chi connectivity index (χ1) is 27.1. The molecule has 2 N–H and O–H groups in total. The molecule has 12 heteroatoms. The summed E-state index contributed by atoms with van der Waals surface area (Å²) in [5.41, 5.74) is 6.95. The normalized spacial score (nSPS) is 11.2. The molecule has 0 aliphatic heterocycles. The maximum absolute atomic E-state index is 13.8. The topological polar surface area (TPSA) is 141 Å². The third kappa shape index (κ3) is 8.30. The van der Waals surface area contributed by atoms with Crippen molar-refractivity contribution >= 4 is 45.1 Å². The van der Waals surface area contributed by atoms with E-state index in [0.29, 0.717) is 28.2 Å². The fourth-order valence-electron chi connectivity index (χ4n) is 6.85. The van der Waals surface area contributed by atoms with Crippen molar-refractivity contribution in [3.05, 3.63) is 153 Å². The summed E-state index contributed by atoms with van der Waals surface area (Å²) in [4.78, 5) is 47.0. The van der Waals surface area contributed by atoms with E-state index < -0.39 is 11.8 Å². The Morgan fingerprint density at radius 3 is 2.32 bits per heavy atom. The molecule has 4 aromatic carbocycles. The SMILES string of the molecule is COc1cc(NC(=O)c2cc(=O)c3cc(C)cc(C)c3o2)c(C(=O)Nc2ccc(CCN(Cc3cccnc3)Cc3ccc4c(cnn4C)c3)cc2)cc1OC. The number of carbonyl (C=O) groups excluding carboxylic acids is 2. The van der Waals surface area contributed by atoms with E-state index >= 15 is 0 Å². The molecule has 0 fully saturated rings. The first-order valence-corrected chi connectivity index (χ1v) is 18.1. The first-order valence-electron chi connectivity index (χ1n) is 18.1. The molecule has 7 rings (SSSR count). The summed E-state index contributed by atoms with van der Waals surface area (Å²) in [5, 5.41) is 11.6. The predicted octanol–water partition coefficient (Wildman–Crippen LogP) is 7.46. The average Bonchev–Trinajstić information content (AvgIpc) is 3.57. The van der Waals surface area contributed by atoms with Crippen molar-refractivity contribution in [1.29, 1.82) is 0 Å². The van der Waals surface area contributed by atoms with Crippen LogP contribution in [0.1, 0.15) is 48.7 Å². The van der Waals surface area contributed by atoms with Crippen molar-refractivity contribution in [2.75, 3.05) is 31.4 Å². The van der Waals surface area contributed by atoms with E-state index in [2.05, 4.69) is 49.9 Å². The lowest BCUT2D eigenvalue weighted by atomic mass is 10.1. The van der Waals surface area contributed by atoms with Gasteiger partial charge in [-0.25, -0.2) is 0 Å². The Labute approximate surface area is 323 Å². The number of hydrogen-bond acceptors (Lipinski definition) is 9. The Morgan fingerprint density at radius 1 is 0.821 bits per heavy atom. The number of nitrogens with one attached hydrogen (secondary N) is 2. The maximum atomic E-state index is 13.8. The fraction of sp³-hybridized carbons (Fsp3) is 0.205. The Balaban J connectivity index is 1.07. The van der Waals surface area contributed by atoms with Crippen molar-refractivity contribution in [3.8, 4) is 11.5 Å². The van der Waals surface area contributed by atoms with Gasteiger partial charge in [0.15, 0.2) is 22.7 Å². The van der Waals surface area contributed by atoms with Gasteiger partial charge in [-0.3, -0.25) is 28.9 Å². The van der Waals surface area contributed by atoms with Gasteiger partial charge in [0.25, 0.3) is 11.8 Å². The lowest BCUT2D eigenvalue weighted by molar-refractivity contribution is 0.0997.